The molecule has 2 amide bonds. The summed E-state index contributed by atoms with van der Waals surface area (Å²) in [6.07, 6.45) is -0.165. The predicted molar refractivity (Wildman–Crippen MR) is 153 cm³/mol. The summed E-state index contributed by atoms with van der Waals surface area (Å²) in [4.78, 5) is 38.4. The largest absolute Gasteiger partial charge is 0.479 e. The van der Waals surface area contributed by atoms with Gasteiger partial charge >= 0.3 is 5.97 Å². The van der Waals surface area contributed by atoms with Gasteiger partial charge in [-0.05, 0) is 47.5 Å². The summed E-state index contributed by atoms with van der Waals surface area (Å²) in [6.45, 7) is 0. The molecule has 5 N–H and O–H groups in total. The number of primary amides is 1. The highest BCUT2D eigenvalue weighted by Gasteiger charge is 2.43. The quantitative estimate of drug-likeness (QED) is 0.204. The Kier molecular flexibility index (Phi) is 6.55. The van der Waals surface area contributed by atoms with E-state index in [0.717, 1.165) is 33.8 Å². The molecule has 0 saturated carbocycles. The van der Waals surface area contributed by atoms with Crippen LogP contribution in [0.3, 0.4) is 0 Å². The fraction of sp³-hybridized carbons (Fsp3) is 0.156. The average Bonchev–Trinajstić information content (AvgIpc) is 2.95. The first-order valence-electron chi connectivity index (χ1n) is 13.2. The maximum Gasteiger partial charge on any atom is 0.330 e. The number of nitrogens with two attached hydrogens (primary N) is 1. The molecule has 0 aromatic heterocycles. The Labute approximate surface area is 235 Å². The van der Waals surface area contributed by atoms with Gasteiger partial charge in [0.05, 0.1) is 12.8 Å². The van der Waals surface area contributed by atoms with Gasteiger partial charge in [0, 0.05) is 35.3 Å². The molecule has 0 radical (unpaired) electrons. The predicted octanol–water partition coefficient (Wildman–Crippen LogP) is 5.22. The molecule has 2 aliphatic rings. The highest BCUT2D eigenvalue weighted by molar-refractivity contribution is 6.00. The van der Waals surface area contributed by atoms with Crippen LogP contribution in [0.15, 0.2) is 84.9 Å². The molecule has 6 rings (SSSR count). The number of anilines is 2. The average molecular weight is 550 g/mol. The minimum absolute atomic E-state index is 0.440. The van der Waals surface area contributed by atoms with Crippen molar-refractivity contribution in [3.05, 3.63) is 107 Å². The summed E-state index contributed by atoms with van der Waals surface area (Å²) in [6, 6.07) is 25.7. The Morgan fingerprint density at radius 1 is 0.707 bits per heavy atom. The lowest BCUT2D eigenvalue weighted by Crippen LogP contribution is -2.51. The topological polar surface area (TPSA) is 140 Å². The van der Waals surface area contributed by atoms with Gasteiger partial charge in [0.25, 0.3) is 0 Å². The van der Waals surface area contributed by atoms with Crippen LogP contribution in [0.1, 0.15) is 35.1 Å². The standard InChI is InChI=1S/C32H27N3O6/c33-29(36)17-32(31(38)39,35-24-10-6-14-28-22(24)16-20-8-2-4-12-26(20)41-28)18-30(37)34-23-9-5-13-27-21(23)15-19-7-1-3-11-25(19)40-27/h1-14,35H,15-18H2,(H2,33,36)(H,34,37)(H,38,39). The number of para-hydroxylation sites is 2. The van der Waals surface area contributed by atoms with Crippen molar-refractivity contribution < 1.29 is 29.0 Å². The van der Waals surface area contributed by atoms with Crippen LogP contribution in [-0.4, -0.2) is 28.4 Å². The molecule has 9 nitrogen and oxygen atoms in total. The molecular formula is C32H27N3O6. The SMILES string of the molecule is NC(=O)CC(CC(=O)Nc1cccc2c1Cc1ccccc1O2)(Nc1cccc2c1Cc1ccccc1O2)C(=O)O. The van der Waals surface area contributed by atoms with Crippen molar-refractivity contribution in [1.82, 2.24) is 0 Å². The monoisotopic (exact) mass is 549 g/mol. The Bertz CT molecular complexity index is 1700. The Balaban J connectivity index is 1.29. The number of ether oxygens (including phenoxy) is 2. The number of amides is 2. The second-order valence-electron chi connectivity index (χ2n) is 10.2. The molecule has 0 spiro atoms. The molecule has 2 heterocycles. The summed E-state index contributed by atoms with van der Waals surface area (Å²) in [7, 11) is 0. The summed E-state index contributed by atoms with van der Waals surface area (Å²) in [5.74, 6) is -0.201. The highest BCUT2D eigenvalue weighted by Crippen LogP contribution is 2.42. The lowest BCUT2D eigenvalue weighted by molar-refractivity contribution is -0.146. The number of carbonyl (C=O) groups excluding carboxylic acids is 2. The van der Waals surface area contributed by atoms with Gasteiger partial charge in [0.2, 0.25) is 11.8 Å². The molecule has 1 unspecified atom stereocenters. The molecular weight excluding hydrogens is 522 g/mol. The minimum atomic E-state index is -2.01. The van der Waals surface area contributed by atoms with E-state index in [4.69, 9.17) is 15.2 Å². The number of rotatable bonds is 8. The van der Waals surface area contributed by atoms with Crippen LogP contribution in [0.25, 0.3) is 0 Å². The van der Waals surface area contributed by atoms with Crippen LogP contribution in [0.2, 0.25) is 0 Å². The van der Waals surface area contributed by atoms with E-state index >= 15 is 0 Å². The van der Waals surface area contributed by atoms with E-state index in [1.165, 1.54) is 0 Å². The molecule has 2 aliphatic heterocycles. The number of nitrogens with one attached hydrogen (secondary N) is 2. The molecule has 4 aromatic carbocycles. The number of hydrogen-bond donors (Lipinski definition) is 4. The van der Waals surface area contributed by atoms with Crippen LogP contribution in [0, 0.1) is 0 Å². The summed E-state index contributed by atoms with van der Waals surface area (Å²) >= 11 is 0. The van der Waals surface area contributed by atoms with Gasteiger partial charge in [0.1, 0.15) is 23.0 Å². The van der Waals surface area contributed by atoms with E-state index in [1.807, 2.05) is 54.6 Å². The van der Waals surface area contributed by atoms with Crippen LogP contribution in [0.5, 0.6) is 23.0 Å². The summed E-state index contributed by atoms with van der Waals surface area (Å²) < 4.78 is 12.1. The third kappa shape index (κ3) is 5.05. The van der Waals surface area contributed by atoms with Crippen molar-refractivity contribution in [2.45, 2.75) is 31.2 Å². The number of hydrogen-bond acceptors (Lipinski definition) is 6. The second-order valence-corrected chi connectivity index (χ2v) is 10.2. The van der Waals surface area contributed by atoms with E-state index in [-0.39, 0.29) is 0 Å². The third-order valence-electron chi connectivity index (χ3n) is 7.38. The molecule has 0 fully saturated rings. The first-order chi connectivity index (χ1) is 19.8. The van der Waals surface area contributed by atoms with Gasteiger partial charge in [0.15, 0.2) is 5.54 Å². The number of carbonyl (C=O) groups is 3. The van der Waals surface area contributed by atoms with Crippen molar-refractivity contribution in [1.29, 1.82) is 0 Å². The number of carboxylic acid groups (broad SMARTS) is 1. The van der Waals surface area contributed by atoms with Gasteiger partial charge < -0.3 is 30.9 Å². The van der Waals surface area contributed by atoms with Crippen molar-refractivity contribution in [2.75, 3.05) is 10.6 Å². The Morgan fingerprint density at radius 2 is 1.22 bits per heavy atom. The van der Waals surface area contributed by atoms with Crippen LogP contribution in [-0.2, 0) is 27.2 Å². The van der Waals surface area contributed by atoms with Gasteiger partial charge in [-0.2, -0.15) is 0 Å². The first-order valence-corrected chi connectivity index (χ1v) is 13.2. The van der Waals surface area contributed by atoms with Gasteiger partial charge in [-0.3, -0.25) is 9.59 Å². The fourth-order valence-corrected chi connectivity index (χ4v) is 5.42. The number of carboxylic acids is 1. The smallest absolute Gasteiger partial charge is 0.330 e. The second kappa shape index (κ2) is 10.3. The molecule has 206 valence electrons. The maximum atomic E-state index is 13.5. The molecule has 0 bridgehead atoms. The van der Waals surface area contributed by atoms with Crippen LogP contribution < -0.4 is 25.8 Å². The summed E-state index contributed by atoms with van der Waals surface area (Å²) in [5, 5.41) is 16.3. The molecule has 1 atom stereocenters. The van der Waals surface area contributed by atoms with Crippen molar-refractivity contribution in [2.24, 2.45) is 5.73 Å². The lowest BCUT2D eigenvalue weighted by Gasteiger charge is -2.32. The van der Waals surface area contributed by atoms with Crippen molar-refractivity contribution in [3.63, 3.8) is 0 Å². The maximum absolute atomic E-state index is 13.5. The van der Waals surface area contributed by atoms with Gasteiger partial charge in [-0.1, -0.05) is 48.5 Å². The van der Waals surface area contributed by atoms with E-state index in [0.29, 0.717) is 35.7 Å². The van der Waals surface area contributed by atoms with Crippen molar-refractivity contribution >= 4 is 29.2 Å². The Hall–Kier alpha value is -5.31. The molecule has 0 aliphatic carbocycles. The zero-order chi connectivity index (χ0) is 28.6. The van der Waals surface area contributed by atoms with E-state index in [9.17, 15) is 19.5 Å². The van der Waals surface area contributed by atoms with E-state index in [1.54, 1.807) is 30.3 Å². The number of aliphatic carboxylic acids is 1. The number of benzene rings is 4. The first kappa shape index (κ1) is 25.9. The molecule has 9 heteroatoms. The highest BCUT2D eigenvalue weighted by atomic mass is 16.5. The van der Waals surface area contributed by atoms with Gasteiger partial charge in [-0.15, -0.1) is 0 Å². The van der Waals surface area contributed by atoms with E-state index < -0.39 is 36.2 Å². The fourth-order valence-electron chi connectivity index (χ4n) is 5.42. The van der Waals surface area contributed by atoms with E-state index in [2.05, 4.69) is 10.6 Å². The summed E-state index contributed by atoms with van der Waals surface area (Å²) in [5.41, 5.74) is 7.84. The lowest BCUT2D eigenvalue weighted by atomic mass is 9.88. The third-order valence-corrected chi connectivity index (χ3v) is 7.38. The molecule has 41 heavy (non-hydrogen) atoms. The molecule has 4 aromatic rings. The zero-order valence-electron chi connectivity index (χ0n) is 22.0. The molecule has 0 saturated heterocycles. The Morgan fingerprint density at radius 3 is 1.78 bits per heavy atom. The van der Waals surface area contributed by atoms with Crippen LogP contribution in [0.4, 0.5) is 11.4 Å². The zero-order valence-corrected chi connectivity index (χ0v) is 22.0. The van der Waals surface area contributed by atoms with Crippen LogP contribution >= 0.6 is 0 Å². The minimum Gasteiger partial charge on any atom is -0.479 e. The van der Waals surface area contributed by atoms with Gasteiger partial charge in [-0.25, -0.2) is 4.79 Å². The normalized spacial score (nSPS) is 14.0. The number of fused-ring (bicyclic) bond motifs is 4. The van der Waals surface area contributed by atoms with Crippen molar-refractivity contribution in [3.8, 4) is 23.0 Å².